The average Bonchev–Trinajstić information content (AvgIpc) is 2.54. The number of rotatable bonds is 13. The summed E-state index contributed by atoms with van der Waals surface area (Å²) in [5, 5.41) is 13.6. The SMILES string of the molecule is CCCCCCCCCCCCNc1cc([N+](=O)[O-])ccc1F. The molecule has 130 valence electrons. The van der Waals surface area contributed by atoms with Gasteiger partial charge in [-0.05, 0) is 12.5 Å². The van der Waals surface area contributed by atoms with Crippen molar-refractivity contribution in [1.82, 2.24) is 0 Å². The predicted octanol–water partition coefficient (Wildman–Crippen LogP) is 6.07. The van der Waals surface area contributed by atoms with Crippen molar-refractivity contribution in [3.8, 4) is 0 Å². The van der Waals surface area contributed by atoms with Crippen LogP contribution in [0.5, 0.6) is 0 Å². The Kier molecular flexibility index (Phi) is 10.00. The minimum atomic E-state index is -0.509. The van der Waals surface area contributed by atoms with Gasteiger partial charge >= 0.3 is 0 Å². The van der Waals surface area contributed by atoms with E-state index in [0.717, 1.165) is 18.9 Å². The first-order valence-corrected chi connectivity index (χ1v) is 8.83. The van der Waals surface area contributed by atoms with Crippen LogP contribution in [0.25, 0.3) is 0 Å². The number of anilines is 1. The molecule has 1 N–H and O–H groups in total. The summed E-state index contributed by atoms with van der Waals surface area (Å²) in [5.74, 6) is -0.442. The number of halogens is 1. The highest BCUT2D eigenvalue weighted by molar-refractivity contribution is 5.52. The third kappa shape index (κ3) is 8.53. The number of benzene rings is 1. The molecule has 0 amide bonds. The van der Waals surface area contributed by atoms with Crippen molar-refractivity contribution < 1.29 is 9.31 Å². The van der Waals surface area contributed by atoms with Crippen LogP contribution in [0.2, 0.25) is 0 Å². The lowest BCUT2D eigenvalue weighted by Crippen LogP contribution is -2.04. The number of nitrogens with zero attached hydrogens (tertiary/aromatic N) is 1. The Morgan fingerprint density at radius 3 is 2.13 bits per heavy atom. The highest BCUT2D eigenvalue weighted by atomic mass is 19.1. The number of hydrogen-bond donors (Lipinski definition) is 1. The lowest BCUT2D eigenvalue weighted by atomic mass is 10.1. The van der Waals surface area contributed by atoms with E-state index in [1.54, 1.807) is 0 Å². The van der Waals surface area contributed by atoms with Gasteiger partial charge in [-0.15, -0.1) is 0 Å². The van der Waals surface area contributed by atoms with Crippen LogP contribution in [0, 0.1) is 15.9 Å². The largest absolute Gasteiger partial charge is 0.382 e. The summed E-state index contributed by atoms with van der Waals surface area (Å²) in [6.45, 7) is 2.88. The molecule has 5 heteroatoms. The smallest absolute Gasteiger partial charge is 0.271 e. The van der Waals surface area contributed by atoms with E-state index in [1.165, 1.54) is 63.5 Å². The molecule has 0 aliphatic heterocycles. The summed E-state index contributed by atoms with van der Waals surface area (Å²) in [6, 6.07) is 3.58. The number of nitro benzene ring substituents is 1. The van der Waals surface area contributed by atoms with Crippen molar-refractivity contribution in [3.05, 3.63) is 34.1 Å². The fourth-order valence-electron chi connectivity index (χ4n) is 2.60. The van der Waals surface area contributed by atoms with Crippen LogP contribution < -0.4 is 5.32 Å². The van der Waals surface area contributed by atoms with Gasteiger partial charge in [0.15, 0.2) is 0 Å². The van der Waals surface area contributed by atoms with E-state index in [9.17, 15) is 14.5 Å². The third-order valence-corrected chi connectivity index (χ3v) is 4.01. The maximum atomic E-state index is 13.6. The van der Waals surface area contributed by atoms with Crippen molar-refractivity contribution >= 4 is 11.4 Å². The van der Waals surface area contributed by atoms with Crippen LogP contribution >= 0.6 is 0 Å². The molecule has 0 saturated heterocycles. The third-order valence-electron chi connectivity index (χ3n) is 4.01. The van der Waals surface area contributed by atoms with Crippen LogP contribution in [0.4, 0.5) is 15.8 Å². The zero-order chi connectivity index (χ0) is 16.9. The Hall–Kier alpha value is -1.65. The number of nitrogens with one attached hydrogen (secondary N) is 1. The zero-order valence-electron chi connectivity index (χ0n) is 14.2. The molecule has 0 atom stereocenters. The van der Waals surface area contributed by atoms with Gasteiger partial charge < -0.3 is 5.32 Å². The monoisotopic (exact) mass is 324 g/mol. The van der Waals surface area contributed by atoms with Gasteiger partial charge in [0.05, 0.1) is 10.6 Å². The maximum Gasteiger partial charge on any atom is 0.271 e. The summed E-state index contributed by atoms with van der Waals surface area (Å²) >= 11 is 0. The summed E-state index contributed by atoms with van der Waals surface area (Å²) < 4.78 is 13.6. The Balaban J connectivity index is 2.07. The van der Waals surface area contributed by atoms with E-state index >= 15 is 0 Å². The Morgan fingerprint density at radius 2 is 1.57 bits per heavy atom. The van der Waals surface area contributed by atoms with Gasteiger partial charge in [0.25, 0.3) is 5.69 Å². The molecule has 4 nitrogen and oxygen atoms in total. The molecule has 23 heavy (non-hydrogen) atoms. The molecule has 1 aromatic carbocycles. The molecule has 1 rings (SSSR count). The highest BCUT2D eigenvalue weighted by Crippen LogP contribution is 2.21. The Labute approximate surface area is 138 Å². The fourth-order valence-corrected chi connectivity index (χ4v) is 2.60. The second-order valence-corrected chi connectivity index (χ2v) is 6.03. The second kappa shape index (κ2) is 11.9. The zero-order valence-corrected chi connectivity index (χ0v) is 14.2. The van der Waals surface area contributed by atoms with E-state index < -0.39 is 10.7 Å². The summed E-state index contributed by atoms with van der Waals surface area (Å²) in [5.41, 5.74) is 0.132. The maximum absolute atomic E-state index is 13.6. The van der Waals surface area contributed by atoms with E-state index in [2.05, 4.69) is 12.2 Å². The van der Waals surface area contributed by atoms with Gasteiger partial charge in [-0.2, -0.15) is 0 Å². The molecule has 1 aromatic rings. The number of non-ortho nitro benzene ring substituents is 1. The first kappa shape index (κ1) is 19.4. The van der Waals surface area contributed by atoms with Gasteiger partial charge in [-0.25, -0.2) is 4.39 Å². The summed E-state index contributed by atoms with van der Waals surface area (Å²) in [6.07, 6.45) is 12.5. The normalized spacial score (nSPS) is 10.7. The number of nitro groups is 1. The molecule has 0 spiro atoms. The molecular weight excluding hydrogens is 295 g/mol. The van der Waals surface area contributed by atoms with Gasteiger partial charge in [0.2, 0.25) is 0 Å². The van der Waals surface area contributed by atoms with Crippen LogP contribution in [0.3, 0.4) is 0 Å². The minimum absolute atomic E-state index is 0.0861. The topological polar surface area (TPSA) is 55.2 Å². The molecule has 0 aromatic heterocycles. The first-order chi connectivity index (χ1) is 11.1. The van der Waals surface area contributed by atoms with Gasteiger partial charge in [0, 0.05) is 18.7 Å². The quantitative estimate of drug-likeness (QED) is 0.272. The van der Waals surface area contributed by atoms with Crippen molar-refractivity contribution in [1.29, 1.82) is 0 Å². The van der Waals surface area contributed by atoms with E-state index in [-0.39, 0.29) is 11.4 Å². The Morgan fingerprint density at radius 1 is 1.00 bits per heavy atom. The molecule has 0 saturated carbocycles. The lowest BCUT2D eigenvalue weighted by molar-refractivity contribution is -0.384. The molecule has 0 bridgehead atoms. The minimum Gasteiger partial charge on any atom is -0.382 e. The molecule has 0 radical (unpaired) electrons. The van der Waals surface area contributed by atoms with E-state index in [1.807, 2.05) is 0 Å². The predicted molar refractivity (Wildman–Crippen MR) is 93.4 cm³/mol. The molecule has 0 aliphatic rings. The van der Waals surface area contributed by atoms with Gasteiger partial charge in [0.1, 0.15) is 5.82 Å². The van der Waals surface area contributed by atoms with Crippen LogP contribution in [0.15, 0.2) is 18.2 Å². The van der Waals surface area contributed by atoms with Crippen molar-refractivity contribution in [2.24, 2.45) is 0 Å². The lowest BCUT2D eigenvalue weighted by Gasteiger charge is -2.07. The standard InChI is InChI=1S/C18H29FN2O2/c1-2-3-4-5-6-7-8-9-10-11-14-20-18-15-16(21(22)23)12-13-17(18)19/h12-13,15,20H,2-11,14H2,1H3. The van der Waals surface area contributed by atoms with Crippen LogP contribution in [-0.2, 0) is 0 Å². The van der Waals surface area contributed by atoms with Gasteiger partial charge in [-0.1, -0.05) is 64.7 Å². The molecule has 0 aliphatic carbocycles. The number of hydrogen-bond acceptors (Lipinski definition) is 3. The van der Waals surface area contributed by atoms with Crippen LogP contribution in [-0.4, -0.2) is 11.5 Å². The Bertz CT molecular complexity index is 466. The summed E-state index contributed by atoms with van der Waals surface area (Å²) in [4.78, 5) is 10.2. The fraction of sp³-hybridized carbons (Fsp3) is 0.667. The van der Waals surface area contributed by atoms with Gasteiger partial charge in [-0.3, -0.25) is 10.1 Å². The van der Waals surface area contributed by atoms with Crippen molar-refractivity contribution in [2.75, 3.05) is 11.9 Å². The van der Waals surface area contributed by atoms with E-state index in [4.69, 9.17) is 0 Å². The average molecular weight is 324 g/mol. The first-order valence-electron chi connectivity index (χ1n) is 8.83. The molecule has 0 unspecified atom stereocenters. The highest BCUT2D eigenvalue weighted by Gasteiger charge is 2.10. The number of unbranched alkanes of at least 4 members (excludes halogenated alkanes) is 9. The van der Waals surface area contributed by atoms with E-state index in [0.29, 0.717) is 6.54 Å². The van der Waals surface area contributed by atoms with Crippen LogP contribution in [0.1, 0.15) is 71.1 Å². The molecular formula is C18H29FN2O2. The molecule has 0 heterocycles. The van der Waals surface area contributed by atoms with Crippen molar-refractivity contribution in [2.45, 2.75) is 71.1 Å². The molecule has 0 fully saturated rings. The summed E-state index contributed by atoms with van der Waals surface area (Å²) in [7, 11) is 0. The second-order valence-electron chi connectivity index (χ2n) is 6.03. The van der Waals surface area contributed by atoms with Crippen molar-refractivity contribution in [3.63, 3.8) is 0 Å².